The lowest BCUT2D eigenvalue weighted by Gasteiger charge is -2.25. The number of hydrogen-bond acceptors (Lipinski definition) is 4. The number of rotatable bonds is 8. The molecule has 0 amide bonds. The molecule has 0 radical (unpaired) electrons. The van der Waals surface area contributed by atoms with Gasteiger partial charge in [0.2, 0.25) is 0 Å². The first-order valence-corrected chi connectivity index (χ1v) is 18.2. The summed E-state index contributed by atoms with van der Waals surface area (Å²) in [5.41, 5.74) is 10.4. The van der Waals surface area contributed by atoms with Crippen LogP contribution in [0.5, 0.6) is 0 Å². The van der Waals surface area contributed by atoms with E-state index in [2.05, 4.69) is 192 Å². The number of nitrogens with zero attached hydrogens (tertiary/aromatic N) is 2. The van der Waals surface area contributed by atoms with Gasteiger partial charge in [-0.2, -0.15) is 0 Å². The molecule has 256 valence electrons. The van der Waals surface area contributed by atoms with Crippen LogP contribution in [0, 0.1) is 0 Å². The first kappa shape index (κ1) is 31.4. The summed E-state index contributed by atoms with van der Waals surface area (Å²) in [6.07, 6.45) is 0. The van der Waals surface area contributed by atoms with Crippen molar-refractivity contribution >= 4 is 66.8 Å². The van der Waals surface area contributed by atoms with E-state index in [-0.39, 0.29) is 0 Å². The van der Waals surface area contributed by atoms with E-state index < -0.39 is 0 Å². The molecule has 4 heteroatoms. The summed E-state index contributed by atoms with van der Waals surface area (Å²) in [7, 11) is 0. The summed E-state index contributed by atoms with van der Waals surface area (Å²) in [4.78, 5) is 4.53. The Morgan fingerprint density at radius 1 is 0.259 bits per heavy atom. The summed E-state index contributed by atoms with van der Waals surface area (Å²) in [6, 6.07) is 71.7. The molecule has 0 saturated heterocycles. The van der Waals surface area contributed by atoms with Crippen molar-refractivity contribution in [3.8, 4) is 22.6 Å². The fraction of sp³-hybridized carbons (Fsp3) is 0. The van der Waals surface area contributed by atoms with Gasteiger partial charge in [0.25, 0.3) is 0 Å². The lowest BCUT2D eigenvalue weighted by Crippen LogP contribution is -2.09. The van der Waals surface area contributed by atoms with Gasteiger partial charge in [0.05, 0.1) is 0 Å². The van der Waals surface area contributed by atoms with Crippen molar-refractivity contribution in [2.45, 2.75) is 0 Å². The van der Waals surface area contributed by atoms with Gasteiger partial charge < -0.3 is 18.6 Å². The van der Waals surface area contributed by atoms with Crippen LogP contribution in [0.1, 0.15) is 0 Å². The maximum Gasteiger partial charge on any atom is 0.135 e. The third-order valence-corrected chi connectivity index (χ3v) is 10.1. The second-order valence-corrected chi connectivity index (χ2v) is 13.4. The van der Waals surface area contributed by atoms with E-state index in [0.29, 0.717) is 0 Å². The van der Waals surface area contributed by atoms with Gasteiger partial charge >= 0.3 is 0 Å². The molecule has 0 saturated carbocycles. The van der Waals surface area contributed by atoms with Crippen molar-refractivity contribution in [1.82, 2.24) is 0 Å². The highest BCUT2D eigenvalue weighted by Crippen LogP contribution is 2.41. The van der Waals surface area contributed by atoms with E-state index in [1.807, 2.05) is 24.3 Å². The average molecular weight is 695 g/mol. The predicted octanol–water partition coefficient (Wildman–Crippen LogP) is 14.6. The van der Waals surface area contributed by atoms with E-state index in [0.717, 1.165) is 89.5 Å². The van der Waals surface area contributed by atoms with Crippen LogP contribution in [0.25, 0.3) is 55.4 Å². The van der Waals surface area contributed by atoms with Crippen LogP contribution in [0.4, 0.5) is 34.1 Å². The molecular weight excluding hydrogens is 661 g/mol. The summed E-state index contributed by atoms with van der Waals surface area (Å²) < 4.78 is 12.9. The molecule has 0 fully saturated rings. The number of para-hydroxylation sites is 4. The third kappa shape index (κ3) is 5.67. The Bertz CT molecular complexity index is 2570. The summed E-state index contributed by atoms with van der Waals surface area (Å²) in [5, 5.41) is 4.43. The zero-order valence-corrected chi connectivity index (χ0v) is 29.3. The Morgan fingerprint density at radius 3 is 0.870 bits per heavy atom. The molecule has 54 heavy (non-hydrogen) atoms. The van der Waals surface area contributed by atoms with Crippen molar-refractivity contribution in [2.24, 2.45) is 0 Å². The van der Waals surface area contributed by atoms with Crippen LogP contribution in [0.2, 0.25) is 0 Å². The molecule has 8 aromatic carbocycles. The van der Waals surface area contributed by atoms with Gasteiger partial charge in [-0.1, -0.05) is 72.8 Å². The Hall–Kier alpha value is -7.30. The van der Waals surface area contributed by atoms with Crippen molar-refractivity contribution in [1.29, 1.82) is 0 Å². The normalized spacial score (nSPS) is 11.3. The third-order valence-electron chi connectivity index (χ3n) is 10.1. The quantitative estimate of drug-likeness (QED) is 0.158. The van der Waals surface area contributed by atoms with E-state index in [1.165, 1.54) is 0 Å². The highest BCUT2D eigenvalue weighted by molar-refractivity contribution is 6.16. The molecule has 0 atom stereocenters. The molecule has 0 bridgehead atoms. The first-order valence-electron chi connectivity index (χ1n) is 18.2. The fourth-order valence-electron chi connectivity index (χ4n) is 7.48. The lowest BCUT2D eigenvalue weighted by atomic mass is 10.0. The Balaban J connectivity index is 0.970. The molecule has 0 aliphatic rings. The molecule has 2 heterocycles. The van der Waals surface area contributed by atoms with Gasteiger partial charge in [-0.15, -0.1) is 0 Å². The molecule has 0 aliphatic heterocycles. The molecule has 10 rings (SSSR count). The molecule has 0 spiro atoms. The van der Waals surface area contributed by atoms with E-state index in [4.69, 9.17) is 8.83 Å². The minimum Gasteiger partial charge on any atom is -0.456 e. The second kappa shape index (κ2) is 13.4. The summed E-state index contributed by atoms with van der Waals surface area (Å²) in [6.45, 7) is 0. The zero-order valence-electron chi connectivity index (χ0n) is 29.3. The zero-order chi connectivity index (χ0) is 35.8. The van der Waals surface area contributed by atoms with Crippen LogP contribution < -0.4 is 9.80 Å². The highest BCUT2D eigenvalue weighted by atomic mass is 16.3. The standard InChI is InChI=1S/C50H34N2O2/c1-5-13-37(14-6-1)51(38-15-7-2-8-16-38)41-25-21-35(22-26-41)49-33-45-43-30-32-48-46(44(43)29-31-47(45)53-49)34-50(54-48)36-23-27-42(28-24-36)52(39-17-9-3-10-18-39)40-19-11-4-12-20-40/h1-34H. The number of furan rings is 2. The molecule has 2 aromatic heterocycles. The van der Waals surface area contributed by atoms with Gasteiger partial charge in [-0.05, 0) is 144 Å². The van der Waals surface area contributed by atoms with Crippen LogP contribution in [0.3, 0.4) is 0 Å². The van der Waals surface area contributed by atoms with Crippen LogP contribution in [0.15, 0.2) is 215 Å². The predicted molar refractivity (Wildman–Crippen MR) is 224 cm³/mol. The second-order valence-electron chi connectivity index (χ2n) is 13.4. The fourth-order valence-corrected chi connectivity index (χ4v) is 7.48. The van der Waals surface area contributed by atoms with E-state index in [1.54, 1.807) is 0 Å². The number of fused-ring (bicyclic) bond motifs is 5. The molecular formula is C50H34N2O2. The van der Waals surface area contributed by atoms with E-state index in [9.17, 15) is 0 Å². The molecule has 0 N–H and O–H groups in total. The van der Waals surface area contributed by atoms with Crippen LogP contribution in [-0.4, -0.2) is 0 Å². The highest BCUT2D eigenvalue weighted by Gasteiger charge is 2.17. The van der Waals surface area contributed by atoms with Crippen molar-refractivity contribution in [3.63, 3.8) is 0 Å². The van der Waals surface area contributed by atoms with Gasteiger partial charge in [0.1, 0.15) is 22.7 Å². The minimum absolute atomic E-state index is 0.836. The smallest absolute Gasteiger partial charge is 0.135 e. The van der Waals surface area contributed by atoms with Gasteiger partial charge in [0.15, 0.2) is 0 Å². The number of benzene rings is 8. The van der Waals surface area contributed by atoms with Crippen LogP contribution in [-0.2, 0) is 0 Å². The van der Waals surface area contributed by atoms with Crippen LogP contribution >= 0.6 is 0 Å². The largest absolute Gasteiger partial charge is 0.456 e. The number of hydrogen-bond donors (Lipinski definition) is 0. The maximum absolute atomic E-state index is 6.47. The first-order chi connectivity index (χ1) is 26.8. The molecule has 0 aliphatic carbocycles. The minimum atomic E-state index is 0.836. The van der Waals surface area contributed by atoms with Gasteiger partial charge in [-0.3, -0.25) is 0 Å². The lowest BCUT2D eigenvalue weighted by molar-refractivity contribution is 0.631. The summed E-state index contributed by atoms with van der Waals surface area (Å²) in [5.74, 6) is 1.67. The molecule has 0 unspecified atom stereocenters. The summed E-state index contributed by atoms with van der Waals surface area (Å²) >= 11 is 0. The van der Waals surface area contributed by atoms with Crippen molar-refractivity contribution in [2.75, 3.05) is 9.80 Å². The Kier molecular flexibility index (Phi) is 7.77. The van der Waals surface area contributed by atoms with Gasteiger partial charge in [-0.25, -0.2) is 0 Å². The van der Waals surface area contributed by atoms with E-state index >= 15 is 0 Å². The topological polar surface area (TPSA) is 32.8 Å². The Morgan fingerprint density at radius 2 is 0.556 bits per heavy atom. The monoisotopic (exact) mass is 694 g/mol. The SMILES string of the molecule is c1ccc(N(c2ccccc2)c2ccc(-c3cc4c(ccc5c6cc(-c7ccc(N(c8ccccc8)c8ccccc8)cc7)oc6ccc45)o3)cc2)cc1. The number of anilines is 6. The van der Waals surface area contributed by atoms with Crippen molar-refractivity contribution < 1.29 is 8.83 Å². The molecule has 4 nitrogen and oxygen atoms in total. The molecule has 10 aromatic rings. The van der Waals surface area contributed by atoms with Crippen molar-refractivity contribution in [3.05, 3.63) is 206 Å². The maximum atomic E-state index is 6.47. The van der Waals surface area contributed by atoms with Gasteiger partial charge in [0, 0.05) is 56.0 Å². The Labute approximate surface area is 313 Å². The average Bonchev–Trinajstić information content (AvgIpc) is 3.89.